The second-order valence-electron chi connectivity index (χ2n) is 19.1. The van der Waals surface area contributed by atoms with Crippen LogP contribution >= 0.6 is 17.0 Å². The number of rotatable bonds is 16. The molecule has 10 aromatic rings. The summed E-state index contributed by atoms with van der Waals surface area (Å²) in [5.74, 6) is 0. The number of hydrogen-bond acceptors (Lipinski definition) is 2. The smallest absolute Gasteiger partial charge is 0.288 e. The minimum atomic E-state index is -3.14. The van der Waals surface area contributed by atoms with E-state index in [0.717, 1.165) is 12.8 Å². The first-order chi connectivity index (χ1) is 36.6. The average molecular weight is 1110 g/mol. The van der Waals surface area contributed by atoms with Crippen molar-refractivity contribution in [1.82, 2.24) is 0 Å². The molecule has 2 aliphatic carbocycles. The van der Waals surface area contributed by atoms with Gasteiger partial charge in [0, 0.05) is 6.61 Å². The monoisotopic (exact) mass is 1110 g/mol. The molecule has 74 heavy (non-hydrogen) atoms. The molecule has 0 spiro atoms. The molecule has 0 amide bonds. The summed E-state index contributed by atoms with van der Waals surface area (Å²) in [7, 11) is 3.63. The SMILES string of the molecule is [Cl][Zr][Cl].c1ccc([Si](O[CH-]CC(CCO[Si](c2ccccc2)(c2ccccc2)c2ccccc2)(c2cccc3c2Cc2ccccc2-3)c2cccc3c2Cc2ccccc2-3)(c2ccccc2)c2ccccc2)cc1. The summed E-state index contributed by atoms with van der Waals surface area (Å²) in [5.41, 5.74) is 12.9. The first-order valence-electron chi connectivity index (χ1n) is 25.4. The third kappa shape index (κ3) is 9.43. The Labute approximate surface area is 457 Å². The third-order valence-corrected chi connectivity index (χ3v) is 23.4. The van der Waals surface area contributed by atoms with E-state index in [1.807, 2.05) is 0 Å². The largest absolute Gasteiger partial charge is 0.583 e. The van der Waals surface area contributed by atoms with Crippen LogP contribution in [0.25, 0.3) is 22.3 Å². The molecular formula is C67H55Cl2O2Si2Zr-. The van der Waals surface area contributed by atoms with Crippen LogP contribution in [-0.4, -0.2) is 23.2 Å². The number of halogens is 2. The van der Waals surface area contributed by atoms with Crippen LogP contribution in [0.2, 0.25) is 0 Å². The Morgan fingerprint density at radius 3 is 1.05 bits per heavy atom. The van der Waals surface area contributed by atoms with Crippen molar-refractivity contribution < 1.29 is 29.7 Å². The van der Waals surface area contributed by atoms with Crippen molar-refractivity contribution in [2.75, 3.05) is 6.61 Å². The molecule has 0 unspecified atom stereocenters. The van der Waals surface area contributed by atoms with Crippen LogP contribution in [0.4, 0.5) is 0 Å². The molecular weight excluding hydrogens is 1060 g/mol. The van der Waals surface area contributed by atoms with Crippen LogP contribution in [0, 0.1) is 6.61 Å². The van der Waals surface area contributed by atoms with Crippen molar-refractivity contribution in [3.8, 4) is 22.3 Å². The van der Waals surface area contributed by atoms with E-state index >= 15 is 0 Å². The van der Waals surface area contributed by atoms with E-state index in [1.54, 1.807) is 0 Å². The van der Waals surface area contributed by atoms with Gasteiger partial charge in [-0.1, -0.05) is 267 Å². The molecule has 2 aliphatic rings. The molecule has 362 valence electrons. The molecule has 0 heterocycles. The first-order valence-corrected chi connectivity index (χ1v) is 35.6. The van der Waals surface area contributed by atoms with Gasteiger partial charge >= 0.3 is 37.9 Å². The molecule has 0 atom stereocenters. The molecule has 12 rings (SSSR count). The topological polar surface area (TPSA) is 18.5 Å². The summed E-state index contributed by atoms with van der Waals surface area (Å²) >= 11 is -0.826. The third-order valence-electron chi connectivity index (χ3n) is 15.4. The summed E-state index contributed by atoms with van der Waals surface area (Å²) in [5, 5.41) is 7.32. The van der Waals surface area contributed by atoms with Gasteiger partial charge in [-0.15, -0.1) is 6.42 Å². The standard InChI is InChI=1S/C67H55O2Si2.2ClH.Zr/c1-7-27-53(28-8-1)70(54-29-9-2-10-30-54,55-31-11-3-12-32-55)68-47-45-67(65-43-23-41-61-59-39-21-19-25-51(59)49-63(61)65,66-44-24-42-62-60-40-22-20-26-52(60)50-64(62)66)46-48-69-71(56-33-13-4-14-34-56,57-35-15-5-16-36-57)58-37-17-6-18-38-58;;;/h1-44,47H,45-46,48-50H2;2*1H;/q-1;;;+2/p-2. The van der Waals surface area contributed by atoms with Crippen LogP contribution in [0.1, 0.15) is 46.2 Å². The van der Waals surface area contributed by atoms with Crippen molar-refractivity contribution in [3.05, 3.63) is 307 Å². The van der Waals surface area contributed by atoms with Gasteiger partial charge in [0.2, 0.25) is 0 Å². The zero-order valence-corrected chi connectivity index (χ0v) is 47.1. The van der Waals surface area contributed by atoms with Gasteiger partial charge in [-0.25, -0.2) is 6.61 Å². The van der Waals surface area contributed by atoms with Crippen molar-refractivity contribution in [3.63, 3.8) is 0 Å². The van der Waals surface area contributed by atoms with Gasteiger partial charge < -0.3 is 8.85 Å². The minimum absolute atomic E-state index is 0.505. The maximum absolute atomic E-state index is 8.00. The Bertz CT molecular complexity index is 3030. The minimum Gasteiger partial charge on any atom is -0.583 e. The zero-order valence-electron chi connectivity index (χ0n) is 41.1. The van der Waals surface area contributed by atoms with E-state index in [1.165, 1.54) is 86.8 Å². The maximum Gasteiger partial charge on any atom is 0.288 e. The summed E-state index contributed by atoms with van der Waals surface area (Å²) in [6.07, 6.45) is 3.07. The molecule has 0 bridgehead atoms. The Morgan fingerprint density at radius 2 is 0.689 bits per heavy atom. The fourth-order valence-electron chi connectivity index (χ4n) is 12.1. The van der Waals surface area contributed by atoms with Crippen LogP contribution in [0.15, 0.2) is 267 Å². The molecule has 0 radical (unpaired) electrons. The average Bonchev–Trinajstić information content (AvgIpc) is 4.06. The Hall–Kier alpha value is -5.98. The Morgan fingerprint density at radius 1 is 0.378 bits per heavy atom. The van der Waals surface area contributed by atoms with Gasteiger partial charge in [0.1, 0.15) is 0 Å². The zero-order chi connectivity index (χ0) is 50.2. The van der Waals surface area contributed by atoms with Crippen LogP contribution in [0.5, 0.6) is 0 Å². The van der Waals surface area contributed by atoms with Crippen molar-refractivity contribution >= 4 is 64.8 Å². The molecule has 0 N–H and O–H groups in total. The fraction of sp³-hybridized carbons (Fsp3) is 0.0896. The predicted octanol–water partition coefficient (Wildman–Crippen LogP) is 12.8. The van der Waals surface area contributed by atoms with E-state index in [4.69, 9.17) is 25.9 Å². The van der Waals surface area contributed by atoms with Crippen molar-refractivity contribution in [2.45, 2.75) is 31.1 Å². The van der Waals surface area contributed by atoms with Crippen LogP contribution in [0.3, 0.4) is 0 Å². The summed E-state index contributed by atoms with van der Waals surface area (Å²) in [6.45, 7) is 2.74. The fourth-order valence-corrected chi connectivity index (χ4v) is 19.7. The second kappa shape index (κ2) is 22.9. The number of fused-ring (bicyclic) bond motifs is 6. The van der Waals surface area contributed by atoms with Gasteiger partial charge in [-0.3, -0.25) is 0 Å². The van der Waals surface area contributed by atoms with Crippen molar-refractivity contribution in [1.29, 1.82) is 0 Å². The molecule has 0 aromatic heterocycles. The van der Waals surface area contributed by atoms with Gasteiger partial charge in [0.15, 0.2) is 0 Å². The summed E-state index contributed by atoms with van der Waals surface area (Å²) < 4.78 is 15.9. The molecule has 0 saturated carbocycles. The van der Waals surface area contributed by atoms with Gasteiger partial charge in [-0.05, 0) is 111 Å². The Kier molecular flexibility index (Phi) is 15.5. The van der Waals surface area contributed by atoms with Gasteiger partial charge in [0.05, 0.1) is 0 Å². The second-order valence-corrected chi connectivity index (χ2v) is 29.6. The van der Waals surface area contributed by atoms with Crippen LogP contribution < -0.4 is 31.1 Å². The number of benzene rings is 10. The quantitative estimate of drug-likeness (QED) is 0.0545. The number of hydrogen-bond donors (Lipinski definition) is 0. The molecule has 0 saturated heterocycles. The maximum atomic E-state index is 8.00. The predicted molar refractivity (Wildman–Crippen MR) is 310 cm³/mol. The summed E-state index contributed by atoms with van der Waals surface area (Å²) in [6, 6.07) is 98.1. The summed E-state index contributed by atoms with van der Waals surface area (Å²) in [4.78, 5) is 0. The van der Waals surface area contributed by atoms with Gasteiger partial charge in [-0.2, -0.15) is 0 Å². The molecule has 2 nitrogen and oxygen atoms in total. The first kappa shape index (κ1) is 50.2. The van der Waals surface area contributed by atoms with E-state index in [2.05, 4.69) is 274 Å². The Balaban J connectivity index is 0.00000192. The van der Waals surface area contributed by atoms with E-state index in [-0.39, 0.29) is 0 Å². The molecule has 0 fully saturated rings. The van der Waals surface area contributed by atoms with Gasteiger partial charge in [0.25, 0.3) is 16.6 Å². The molecule has 10 aromatic carbocycles. The van der Waals surface area contributed by atoms with E-state index < -0.39 is 42.9 Å². The molecule has 0 aliphatic heterocycles. The van der Waals surface area contributed by atoms with Crippen molar-refractivity contribution in [2.24, 2.45) is 0 Å². The van der Waals surface area contributed by atoms with E-state index in [0.29, 0.717) is 19.4 Å². The molecule has 7 heteroatoms. The van der Waals surface area contributed by atoms with Crippen LogP contribution in [-0.2, 0) is 48.0 Å². The normalized spacial score (nSPS) is 12.4. The van der Waals surface area contributed by atoms with E-state index in [9.17, 15) is 0 Å².